The molecule has 3 aromatic rings. The summed E-state index contributed by atoms with van der Waals surface area (Å²) in [5.74, 6) is -1.65. The van der Waals surface area contributed by atoms with Gasteiger partial charge in [0.25, 0.3) is 0 Å². The number of anilines is 1. The van der Waals surface area contributed by atoms with Gasteiger partial charge in [0.15, 0.2) is 0 Å². The highest BCUT2D eigenvalue weighted by atomic mass is 16.5. The van der Waals surface area contributed by atoms with Crippen LogP contribution in [0.25, 0.3) is 11.3 Å². The fourth-order valence-electron chi connectivity index (χ4n) is 4.83. The van der Waals surface area contributed by atoms with E-state index >= 15 is 0 Å². The SMILES string of the molecule is CCCCOc1ccc(-c2[nH]nc3c2[C@@]2(C(=O)N(CC(=O)[O-])c4ccccc42)C(C#N)=C(N)O3)cc1. The third kappa shape index (κ3) is 3.28. The Morgan fingerprint density at radius 2 is 2.03 bits per heavy atom. The number of para-hydroxylation sites is 1. The number of nitrogens with zero attached hydrogens (tertiary/aromatic N) is 3. The molecule has 182 valence electrons. The van der Waals surface area contributed by atoms with E-state index in [1.807, 2.05) is 6.07 Å². The van der Waals surface area contributed by atoms with Crippen LogP contribution in [0.5, 0.6) is 11.6 Å². The summed E-state index contributed by atoms with van der Waals surface area (Å²) in [6, 6.07) is 15.9. The number of rotatable bonds is 7. The first-order valence-electron chi connectivity index (χ1n) is 11.4. The van der Waals surface area contributed by atoms with Gasteiger partial charge in [-0.3, -0.25) is 9.89 Å². The summed E-state index contributed by atoms with van der Waals surface area (Å²) < 4.78 is 11.4. The molecule has 3 heterocycles. The van der Waals surface area contributed by atoms with Crippen molar-refractivity contribution in [3.05, 3.63) is 71.1 Å². The number of amides is 1. The van der Waals surface area contributed by atoms with Crippen molar-refractivity contribution in [2.45, 2.75) is 25.2 Å². The summed E-state index contributed by atoms with van der Waals surface area (Å²) in [7, 11) is 0. The molecule has 0 aliphatic carbocycles. The van der Waals surface area contributed by atoms with Crippen LogP contribution in [0.4, 0.5) is 5.69 Å². The smallest absolute Gasteiger partial charge is 0.248 e. The van der Waals surface area contributed by atoms with Crippen LogP contribution in [0.2, 0.25) is 0 Å². The van der Waals surface area contributed by atoms with Gasteiger partial charge >= 0.3 is 0 Å². The number of aromatic nitrogens is 2. The van der Waals surface area contributed by atoms with E-state index in [9.17, 15) is 20.0 Å². The standard InChI is InChI=1S/C26H23N5O5/c1-2-3-12-35-16-10-8-15(9-11-16)22-21-24(30-29-22)36-23(28)18(13-27)26(21)17-6-4-5-7-19(17)31(25(26)34)14-20(32)33/h4-11H,2-3,12,14,28H2,1H3,(H,29,30)(H,32,33)/p-1/t26-/m0/s1. The highest BCUT2D eigenvalue weighted by Gasteiger charge is 2.61. The number of carbonyl (C=O) groups is 2. The molecule has 1 spiro atoms. The number of nitriles is 1. The summed E-state index contributed by atoms with van der Waals surface area (Å²) in [5, 5.41) is 28.9. The zero-order valence-electron chi connectivity index (χ0n) is 19.4. The van der Waals surface area contributed by atoms with Crippen molar-refractivity contribution in [3.63, 3.8) is 0 Å². The number of nitrogens with two attached hydrogens (primary N) is 1. The number of carboxylic acids is 1. The van der Waals surface area contributed by atoms with Crippen molar-refractivity contribution in [1.82, 2.24) is 10.2 Å². The van der Waals surface area contributed by atoms with Gasteiger partial charge in [0.1, 0.15) is 22.8 Å². The number of hydrogen-bond donors (Lipinski definition) is 2. The second kappa shape index (κ2) is 8.78. The Hall–Kier alpha value is -4.78. The number of aliphatic carboxylic acids is 1. The van der Waals surface area contributed by atoms with Crippen molar-refractivity contribution in [1.29, 1.82) is 5.26 Å². The van der Waals surface area contributed by atoms with Crippen molar-refractivity contribution < 1.29 is 24.2 Å². The monoisotopic (exact) mass is 484 g/mol. The van der Waals surface area contributed by atoms with Gasteiger partial charge in [-0.25, -0.2) is 0 Å². The van der Waals surface area contributed by atoms with E-state index in [-0.39, 0.29) is 22.9 Å². The van der Waals surface area contributed by atoms with Crippen molar-refractivity contribution in [2.75, 3.05) is 18.1 Å². The van der Waals surface area contributed by atoms with Crippen LogP contribution in [-0.2, 0) is 15.0 Å². The van der Waals surface area contributed by atoms with Crippen LogP contribution in [-0.4, -0.2) is 35.2 Å². The van der Waals surface area contributed by atoms with Gasteiger partial charge in [-0.1, -0.05) is 31.5 Å². The van der Waals surface area contributed by atoms with E-state index in [1.165, 1.54) is 0 Å². The number of fused-ring (bicyclic) bond motifs is 4. The molecule has 3 N–H and O–H groups in total. The Morgan fingerprint density at radius 1 is 1.28 bits per heavy atom. The number of nitrogens with one attached hydrogen (secondary N) is 1. The highest BCUT2D eigenvalue weighted by Crippen LogP contribution is 2.56. The van der Waals surface area contributed by atoms with Crippen LogP contribution in [0, 0.1) is 11.3 Å². The van der Waals surface area contributed by atoms with Gasteiger partial charge < -0.3 is 30.0 Å². The summed E-state index contributed by atoms with van der Waals surface area (Å²) in [5.41, 5.74) is 6.35. The molecular weight excluding hydrogens is 462 g/mol. The van der Waals surface area contributed by atoms with E-state index in [2.05, 4.69) is 17.1 Å². The number of unbranched alkanes of at least 4 members (excludes halogenated alkanes) is 1. The lowest BCUT2D eigenvalue weighted by Crippen LogP contribution is -2.48. The molecule has 1 amide bonds. The van der Waals surface area contributed by atoms with Crippen LogP contribution in [0.1, 0.15) is 30.9 Å². The molecular formula is C26H22N5O5-. The molecule has 2 aromatic carbocycles. The predicted octanol–water partition coefficient (Wildman–Crippen LogP) is 1.72. The van der Waals surface area contributed by atoms with Crippen molar-refractivity contribution in [3.8, 4) is 29.0 Å². The summed E-state index contributed by atoms with van der Waals surface area (Å²) in [6.07, 6.45) is 1.95. The molecule has 10 nitrogen and oxygen atoms in total. The Bertz CT molecular complexity index is 1440. The molecule has 10 heteroatoms. The summed E-state index contributed by atoms with van der Waals surface area (Å²) in [4.78, 5) is 26.7. The van der Waals surface area contributed by atoms with Crippen LogP contribution < -0.4 is 25.2 Å². The number of carbonyl (C=O) groups excluding carboxylic acids is 2. The van der Waals surface area contributed by atoms with Gasteiger partial charge in [0.05, 0.1) is 30.4 Å². The maximum Gasteiger partial charge on any atom is 0.248 e. The van der Waals surface area contributed by atoms with E-state index in [4.69, 9.17) is 15.2 Å². The Morgan fingerprint density at radius 3 is 2.72 bits per heavy atom. The van der Waals surface area contributed by atoms with Gasteiger partial charge in [-0.15, -0.1) is 5.10 Å². The maximum absolute atomic E-state index is 14.1. The normalized spacial score (nSPS) is 18.0. The Labute approximate surface area is 206 Å². The van der Waals surface area contributed by atoms with Crippen molar-refractivity contribution >= 4 is 17.6 Å². The maximum atomic E-state index is 14.1. The molecule has 5 rings (SSSR count). The predicted molar refractivity (Wildman–Crippen MR) is 126 cm³/mol. The fraction of sp³-hybridized carbons (Fsp3) is 0.231. The van der Waals surface area contributed by atoms with Gasteiger partial charge in [0, 0.05) is 16.8 Å². The zero-order chi connectivity index (χ0) is 25.4. The molecule has 2 aliphatic heterocycles. The van der Waals surface area contributed by atoms with Gasteiger partial charge in [0.2, 0.25) is 17.7 Å². The third-order valence-corrected chi connectivity index (χ3v) is 6.41. The minimum absolute atomic E-state index is 0.0308. The highest BCUT2D eigenvalue weighted by molar-refractivity contribution is 6.16. The Kier molecular flexibility index (Phi) is 5.60. The number of hydrogen-bond acceptors (Lipinski definition) is 8. The topological polar surface area (TPSA) is 157 Å². The van der Waals surface area contributed by atoms with Crippen LogP contribution >= 0.6 is 0 Å². The van der Waals surface area contributed by atoms with Crippen LogP contribution in [0.3, 0.4) is 0 Å². The third-order valence-electron chi connectivity index (χ3n) is 6.41. The molecule has 2 aliphatic rings. The van der Waals surface area contributed by atoms with Crippen molar-refractivity contribution in [2.24, 2.45) is 5.73 Å². The quantitative estimate of drug-likeness (QED) is 0.480. The lowest BCUT2D eigenvalue weighted by atomic mass is 9.68. The Balaban J connectivity index is 1.71. The molecule has 0 saturated carbocycles. The summed E-state index contributed by atoms with van der Waals surface area (Å²) in [6.45, 7) is 1.99. The zero-order valence-corrected chi connectivity index (χ0v) is 19.4. The molecule has 36 heavy (non-hydrogen) atoms. The number of H-pyrrole nitrogens is 1. The number of benzene rings is 2. The first kappa shape index (κ1) is 23.0. The number of aromatic amines is 1. The minimum atomic E-state index is -1.75. The minimum Gasteiger partial charge on any atom is -0.548 e. The molecule has 0 radical (unpaired) electrons. The van der Waals surface area contributed by atoms with E-state index in [0.717, 1.165) is 17.7 Å². The number of ether oxygens (including phenoxy) is 2. The van der Waals surface area contributed by atoms with Gasteiger partial charge in [-0.05, 0) is 36.8 Å². The largest absolute Gasteiger partial charge is 0.548 e. The molecule has 0 fully saturated rings. The van der Waals surface area contributed by atoms with Crippen LogP contribution in [0.15, 0.2) is 60.0 Å². The molecule has 1 aromatic heterocycles. The van der Waals surface area contributed by atoms with E-state index in [0.29, 0.717) is 34.9 Å². The second-order valence-corrected chi connectivity index (χ2v) is 8.49. The second-order valence-electron chi connectivity index (χ2n) is 8.49. The first-order chi connectivity index (χ1) is 17.4. The fourth-order valence-corrected chi connectivity index (χ4v) is 4.83. The first-order valence-corrected chi connectivity index (χ1v) is 11.4. The van der Waals surface area contributed by atoms with E-state index in [1.54, 1.807) is 48.5 Å². The van der Waals surface area contributed by atoms with Gasteiger partial charge in [-0.2, -0.15) is 5.26 Å². The number of carboxylic acid groups (broad SMARTS) is 1. The average Bonchev–Trinajstić information content (AvgIpc) is 3.39. The lowest BCUT2D eigenvalue weighted by Gasteiger charge is -2.33. The molecule has 1 atom stereocenters. The average molecular weight is 484 g/mol. The van der Waals surface area contributed by atoms with E-state index < -0.39 is 23.8 Å². The molecule has 0 bridgehead atoms. The lowest BCUT2D eigenvalue weighted by molar-refractivity contribution is -0.303. The molecule has 0 saturated heterocycles. The summed E-state index contributed by atoms with van der Waals surface area (Å²) >= 11 is 0. The molecule has 0 unspecified atom stereocenters.